The van der Waals surface area contributed by atoms with E-state index in [1.54, 1.807) is 41.3 Å². The Kier molecular flexibility index (Phi) is 5.88. The first kappa shape index (κ1) is 21.2. The van der Waals surface area contributed by atoms with E-state index < -0.39 is 9.84 Å². The Morgan fingerprint density at radius 3 is 2.77 bits per heavy atom. The van der Waals surface area contributed by atoms with Crippen molar-refractivity contribution in [1.82, 2.24) is 14.9 Å². The van der Waals surface area contributed by atoms with Crippen molar-refractivity contribution in [3.8, 4) is 0 Å². The van der Waals surface area contributed by atoms with E-state index in [2.05, 4.69) is 9.97 Å². The van der Waals surface area contributed by atoms with E-state index in [1.807, 2.05) is 0 Å². The minimum atomic E-state index is -3.45. The quantitative estimate of drug-likeness (QED) is 0.628. The number of carbonyl (C=O) groups excluding carboxylic acids is 1. The van der Waals surface area contributed by atoms with E-state index in [1.165, 1.54) is 12.1 Å². The van der Waals surface area contributed by atoms with Crippen LogP contribution in [0.25, 0.3) is 10.9 Å². The van der Waals surface area contributed by atoms with E-state index in [9.17, 15) is 18.0 Å². The van der Waals surface area contributed by atoms with Crippen molar-refractivity contribution >= 4 is 26.6 Å². The lowest BCUT2D eigenvalue weighted by Gasteiger charge is -2.25. The number of fused-ring (bicyclic) bond motifs is 1. The third kappa shape index (κ3) is 4.83. The van der Waals surface area contributed by atoms with Gasteiger partial charge in [-0.3, -0.25) is 9.59 Å². The average molecular weight is 442 g/mol. The molecule has 1 amide bonds. The van der Waals surface area contributed by atoms with Gasteiger partial charge in [-0.15, -0.1) is 0 Å². The number of amides is 1. The molecule has 1 saturated heterocycles. The van der Waals surface area contributed by atoms with Gasteiger partial charge in [0.15, 0.2) is 9.84 Å². The molecule has 2 aromatic carbocycles. The van der Waals surface area contributed by atoms with Crippen molar-refractivity contribution in [2.24, 2.45) is 0 Å². The molecule has 0 bridgehead atoms. The molecule has 0 radical (unpaired) electrons. The minimum absolute atomic E-state index is 0.0713. The second-order valence-corrected chi connectivity index (χ2v) is 9.67. The number of sulfone groups is 1. The summed E-state index contributed by atoms with van der Waals surface area (Å²) in [4.78, 5) is 34.6. The zero-order valence-corrected chi connectivity index (χ0v) is 17.9. The maximum atomic E-state index is 13.3. The third-order valence-corrected chi connectivity index (χ3v) is 6.36. The highest BCUT2D eigenvalue weighted by molar-refractivity contribution is 7.90. The van der Waals surface area contributed by atoms with Crippen molar-refractivity contribution in [2.75, 3.05) is 19.4 Å². The summed E-state index contributed by atoms with van der Waals surface area (Å²) in [5.41, 5.74) is 0.526. The Bertz CT molecular complexity index is 1280. The van der Waals surface area contributed by atoms with Crippen LogP contribution in [0.4, 0.5) is 0 Å². The van der Waals surface area contributed by atoms with Crippen LogP contribution in [0.1, 0.15) is 29.0 Å². The summed E-state index contributed by atoms with van der Waals surface area (Å²) in [5, 5.41) is 0.476. The van der Waals surface area contributed by atoms with Crippen LogP contribution in [0.2, 0.25) is 0 Å². The van der Waals surface area contributed by atoms with Gasteiger partial charge >= 0.3 is 0 Å². The third-order valence-electron chi connectivity index (χ3n) is 5.25. The van der Waals surface area contributed by atoms with E-state index >= 15 is 0 Å². The number of nitrogens with one attached hydrogen (secondary N) is 1. The van der Waals surface area contributed by atoms with Crippen LogP contribution in [0, 0.1) is 0 Å². The van der Waals surface area contributed by atoms with Crippen molar-refractivity contribution in [3.63, 3.8) is 0 Å². The summed E-state index contributed by atoms with van der Waals surface area (Å²) in [5.74, 6) is 0.00567. The summed E-state index contributed by atoms with van der Waals surface area (Å²) >= 11 is 0. The molecular formula is C22H23N3O5S. The number of H-pyrrole nitrogens is 1. The van der Waals surface area contributed by atoms with Gasteiger partial charge in [0.2, 0.25) is 0 Å². The number of nitrogens with zero attached hydrogens (tertiary/aromatic N) is 2. The molecule has 1 atom stereocenters. The second-order valence-electron chi connectivity index (χ2n) is 7.65. The van der Waals surface area contributed by atoms with Crippen LogP contribution in [-0.2, 0) is 21.1 Å². The van der Waals surface area contributed by atoms with E-state index in [0.29, 0.717) is 29.9 Å². The van der Waals surface area contributed by atoms with Gasteiger partial charge in [-0.2, -0.15) is 0 Å². The Hall–Kier alpha value is -3.04. The van der Waals surface area contributed by atoms with Crippen LogP contribution in [0.3, 0.4) is 0 Å². The van der Waals surface area contributed by atoms with Gasteiger partial charge in [-0.25, -0.2) is 13.4 Å². The molecule has 1 aliphatic rings. The lowest BCUT2D eigenvalue weighted by Crippen LogP contribution is -2.38. The molecule has 0 saturated carbocycles. The molecule has 9 heteroatoms. The van der Waals surface area contributed by atoms with Crippen LogP contribution in [0.5, 0.6) is 0 Å². The molecule has 31 heavy (non-hydrogen) atoms. The zero-order chi connectivity index (χ0) is 22.0. The summed E-state index contributed by atoms with van der Waals surface area (Å²) in [6.45, 7) is 1.03. The zero-order valence-electron chi connectivity index (χ0n) is 17.1. The highest BCUT2D eigenvalue weighted by Crippen LogP contribution is 2.19. The number of carbonyl (C=O) groups is 1. The Morgan fingerprint density at radius 2 is 2.03 bits per heavy atom. The van der Waals surface area contributed by atoms with E-state index in [-0.39, 0.29) is 34.6 Å². The number of benzene rings is 2. The van der Waals surface area contributed by atoms with Gasteiger partial charge in [0.05, 0.1) is 28.4 Å². The minimum Gasteiger partial charge on any atom is -0.376 e. The highest BCUT2D eigenvalue weighted by atomic mass is 32.2. The monoisotopic (exact) mass is 441 g/mol. The number of ether oxygens (including phenoxy) is 1. The molecule has 162 valence electrons. The van der Waals surface area contributed by atoms with Gasteiger partial charge in [-0.05, 0) is 43.2 Å². The molecule has 8 nitrogen and oxygen atoms in total. The highest BCUT2D eigenvalue weighted by Gasteiger charge is 2.25. The molecule has 1 aromatic heterocycles. The first-order valence-electron chi connectivity index (χ1n) is 10.0. The molecule has 1 N–H and O–H groups in total. The van der Waals surface area contributed by atoms with Gasteiger partial charge in [-0.1, -0.05) is 18.2 Å². The molecule has 0 unspecified atom stereocenters. The SMILES string of the molecule is CS(=O)(=O)c1cccc(C(=O)N(Cc2nc3ccccc3c(=O)[nH]2)C[C@H]2CCCO2)c1. The largest absolute Gasteiger partial charge is 0.376 e. The predicted molar refractivity (Wildman–Crippen MR) is 116 cm³/mol. The van der Waals surface area contributed by atoms with Crippen molar-refractivity contribution in [3.05, 3.63) is 70.3 Å². The van der Waals surface area contributed by atoms with Crippen LogP contribution in [0.15, 0.2) is 58.2 Å². The van der Waals surface area contributed by atoms with E-state index in [0.717, 1.165) is 19.1 Å². The number of rotatable bonds is 6. The van der Waals surface area contributed by atoms with Crippen molar-refractivity contribution in [1.29, 1.82) is 0 Å². The Balaban J connectivity index is 1.67. The lowest BCUT2D eigenvalue weighted by molar-refractivity contribution is 0.0501. The predicted octanol–water partition coefficient (Wildman–Crippen LogP) is 2.15. The van der Waals surface area contributed by atoms with Crippen LogP contribution in [-0.4, -0.2) is 54.7 Å². The lowest BCUT2D eigenvalue weighted by atomic mass is 10.1. The molecule has 0 aliphatic carbocycles. The number of aromatic amines is 1. The summed E-state index contributed by atoms with van der Waals surface area (Å²) < 4.78 is 29.5. The molecule has 2 heterocycles. The van der Waals surface area contributed by atoms with Crippen LogP contribution < -0.4 is 5.56 Å². The number of hydrogen-bond donors (Lipinski definition) is 1. The maximum Gasteiger partial charge on any atom is 0.258 e. The fraction of sp³-hybridized carbons (Fsp3) is 0.318. The molecule has 0 spiro atoms. The normalized spacial score (nSPS) is 16.5. The smallest absolute Gasteiger partial charge is 0.258 e. The van der Waals surface area contributed by atoms with E-state index in [4.69, 9.17) is 4.74 Å². The average Bonchev–Trinajstić information content (AvgIpc) is 3.25. The summed E-state index contributed by atoms with van der Waals surface area (Å²) in [6, 6.07) is 13.0. The van der Waals surface area contributed by atoms with Gasteiger partial charge < -0.3 is 14.6 Å². The topological polar surface area (TPSA) is 109 Å². The van der Waals surface area contributed by atoms with Gasteiger partial charge in [0, 0.05) is 25.0 Å². The maximum absolute atomic E-state index is 13.3. The van der Waals surface area contributed by atoms with Crippen molar-refractivity contribution in [2.45, 2.75) is 30.4 Å². The Labute approximate surface area is 179 Å². The van der Waals surface area contributed by atoms with Crippen LogP contribution >= 0.6 is 0 Å². The van der Waals surface area contributed by atoms with Gasteiger partial charge in [0.25, 0.3) is 11.5 Å². The summed E-state index contributed by atoms with van der Waals surface area (Å²) in [6.07, 6.45) is 2.73. The number of aromatic nitrogens is 2. The molecule has 4 rings (SSSR count). The van der Waals surface area contributed by atoms with Crippen molar-refractivity contribution < 1.29 is 17.9 Å². The number of hydrogen-bond acceptors (Lipinski definition) is 6. The Morgan fingerprint density at radius 1 is 1.23 bits per heavy atom. The first-order valence-corrected chi connectivity index (χ1v) is 11.9. The fourth-order valence-electron chi connectivity index (χ4n) is 3.69. The summed E-state index contributed by atoms with van der Waals surface area (Å²) in [7, 11) is -3.45. The number of para-hydroxylation sites is 1. The molecule has 1 fully saturated rings. The molecular weight excluding hydrogens is 418 g/mol. The standard InChI is InChI=1S/C22H23N3O5S/c1-31(28,29)17-8-4-6-15(12-17)22(27)25(13-16-7-5-11-30-16)14-20-23-19-10-3-2-9-18(19)21(26)24-20/h2-4,6,8-10,12,16H,5,7,11,13-14H2,1H3,(H,23,24,26)/t16-/m1/s1. The molecule has 1 aliphatic heterocycles. The second kappa shape index (κ2) is 8.60. The molecule has 3 aromatic rings. The fourth-order valence-corrected chi connectivity index (χ4v) is 4.35. The van der Waals surface area contributed by atoms with Gasteiger partial charge in [0.1, 0.15) is 5.82 Å². The first-order chi connectivity index (χ1) is 14.8.